The summed E-state index contributed by atoms with van der Waals surface area (Å²) in [7, 11) is 0. The number of carboxylic acid groups (broad SMARTS) is 1. The SMILES string of the molecule is O=C(O)CC[C@@H]1CCCCN1C(=O)[C@@H]1C[C@H]1c1ccc(F)cc1. The first-order valence-corrected chi connectivity index (χ1v) is 8.34. The fraction of sp³-hybridized carbons (Fsp3) is 0.556. The molecule has 1 heterocycles. The highest BCUT2D eigenvalue weighted by Crippen LogP contribution is 2.49. The molecule has 0 spiro atoms. The molecule has 2 fully saturated rings. The lowest BCUT2D eigenvalue weighted by Gasteiger charge is -2.36. The van der Waals surface area contributed by atoms with Crippen LogP contribution >= 0.6 is 0 Å². The molecule has 1 aliphatic heterocycles. The predicted octanol–water partition coefficient (Wildman–Crippen LogP) is 3.18. The molecular formula is C18H22FNO3. The number of benzene rings is 1. The van der Waals surface area contributed by atoms with Gasteiger partial charge in [-0.05, 0) is 55.7 Å². The molecule has 1 saturated heterocycles. The Hall–Kier alpha value is -1.91. The van der Waals surface area contributed by atoms with Gasteiger partial charge in [-0.25, -0.2) is 4.39 Å². The van der Waals surface area contributed by atoms with Crippen molar-refractivity contribution in [3.8, 4) is 0 Å². The van der Waals surface area contributed by atoms with Crippen LogP contribution in [-0.4, -0.2) is 34.5 Å². The molecule has 1 aromatic rings. The zero-order chi connectivity index (χ0) is 16.4. The van der Waals surface area contributed by atoms with Crippen molar-refractivity contribution in [1.29, 1.82) is 0 Å². The van der Waals surface area contributed by atoms with E-state index in [1.807, 2.05) is 4.90 Å². The number of aliphatic carboxylic acids is 1. The van der Waals surface area contributed by atoms with E-state index in [1.54, 1.807) is 12.1 Å². The lowest BCUT2D eigenvalue weighted by molar-refractivity contribution is -0.140. The number of hydrogen-bond acceptors (Lipinski definition) is 2. The molecule has 0 unspecified atom stereocenters. The minimum atomic E-state index is -0.807. The molecule has 1 amide bonds. The third-order valence-corrected chi connectivity index (χ3v) is 5.01. The number of piperidine rings is 1. The van der Waals surface area contributed by atoms with Crippen molar-refractivity contribution < 1.29 is 19.1 Å². The van der Waals surface area contributed by atoms with E-state index in [2.05, 4.69) is 0 Å². The molecule has 1 N–H and O–H groups in total. The first-order valence-electron chi connectivity index (χ1n) is 8.34. The molecule has 4 nitrogen and oxygen atoms in total. The number of carbonyl (C=O) groups excluding carboxylic acids is 1. The maximum absolute atomic E-state index is 13.0. The Morgan fingerprint density at radius 2 is 1.96 bits per heavy atom. The lowest BCUT2D eigenvalue weighted by atomic mass is 9.97. The van der Waals surface area contributed by atoms with E-state index in [-0.39, 0.29) is 36.0 Å². The number of likely N-dealkylation sites (tertiary alicyclic amines) is 1. The van der Waals surface area contributed by atoms with Crippen molar-refractivity contribution in [3.05, 3.63) is 35.6 Å². The Morgan fingerprint density at radius 1 is 1.22 bits per heavy atom. The first kappa shape index (κ1) is 16.0. The lowest BCUT2D eigenvalue weighted by Crippen LogP contribution is -2.44. The van der Waals surface area contributed by atoms with Crippen LogP contribution in [0.5, 0.6) is 0 Å². The standard InChI is InChI=1S/C18H22FNO3/c19-13-6-4-12(5-7-13)15-11-16(15)18(23)20-10-2-1-3-14(20)8-9-17(21)22/h4-7,14-16H,1-3,8-11H2,(H,21,22)/t14-,15-,16+/m0/s1. The van der Waals surface area contributed by atoms with Crippen molar-refractivity contribution in [1.82, 2.24) is 4.90 Å². The monoisotopic (exact) mass is 319 g/mol. The normalized spacial score (nSPS) is 26.8. The molecule has 1 aromatic carbocycles. The van der Waals surface area contributed by atoms with Gasteiger partial charge in [-0.2, -0.15) is 0 Å². The second kappa shape index (κ2) is 6.69. The predicted molar refractivity (Wildman–Crippen MR) is 83.5 cm³/mol. The van der Waals surface area contributed by atoms with E-state index in [4.69, 9.17) is 5.11 Å². The molecule has 124 valence electrons. The van der Waals surface area contributed by atoms with Crippen LogP contribution in [-0.2, 0) is 9.59 Å². The number of amides is 1. The molecule has 5 heteroatoms. The van der Waals surface area contributed by atoms with Crippen molar-refractivity contribution in [3.63, 3.8) is 0 Å². The van der Waals surface area contributed by atoms with Gasteiger partial charge in [-0.15, -0.1) is 0 Å². The summed E-state index contributed by atoms with van der Waals surface area (Å²) in [4.78, 5) is 25.5. The molecular weight excluding hydrogens is 297 g/mol. The molecule has 1 saturated carbocycles. The number of carbonyl (C=O) groups is 2. The van der Waals surface area contributed by atoms with Gasteiger partial charge in [0.15, 0.2) is 0 Å². The maximum atomic E-state index is 13.0. The van der Waals surface area contributed by atoms with Gasteiger partial charge in [-0.3, -0.25) is 9.59 Å². The third kappa shape index (κ3) is 3.71. The summed E-state index contributed by atoms with van der Waals surface area (Å²) in [5, 5.41) is 8.87. The summed E-state index contributed by atoms with van der Waals surface area (Å²) in [6, 6.07) is 6.44. The van der Waals surface area contributed by atoms with Crippen LogP contribution in [0.15, 0.2) is 24.3 Å². The van der Waals surface area contributed by atoms with Crippen molar-refractivity contribution in [2.24, 2.45) is 5.92 Å². The minimum Gasteiger partial charge on any atom is -0.481 e. The van der Waals surface area contributed by atoms with Gasteiger partial charge in [0.1, 0.15) is 5.82 Å². The number of nitrogens with zero attached hydrogens (tertiary/aromatic N) is 1. The summed E-state index contributed by atoms with van der Waals surface area (Å²) in [6.45, 7) is 0.732. The van der Waals surface area contributed by atoms with Gasteiger partial charge >= 0.3 is 5.97 Å². The zero-order valence-electron chi connectivity index (χ0n) is 13.1. The topological polar surface area (TPSA) is 57.6 Å². The molecule has 0 aromatic heterocycles. The van der Waals surface area contributed by atoms with E-state index in [1.165, 1.54) is 12.1 Å². The molecule has 0 bridgehead atoms. The zero-order valence-corrected chi connectivity index (χ0v) is 13.1. The molecule has 23 heavy (non-hydrogen) atoms. The average Bonchev–Trinajstić information content (AvgIpc) is 3.34. The summed E-state index contributed by atoms with van der Waals surface area (Å²) in [5.41, 5.74) is 1.02. The van der Waals surface area contributed by atoms with Gasteiger partial charge in [0, 0.05) is 24.9 Å². The van der Waals surface area contributed by atoms with E-state index < -0.39 is 5.97 Å². The van der Waals surface area contributed by atoms with Gasteiger partial charge < -0.3 is 10.0 Å². The van der Waals surface area contributed by atoms with Crippen molar-refractivity contribution in [2.75, 3.05) is 6.54 Å². The number of rotatable bonds is 5. The van der Waals surface area contributed by atoms with E-state index >= 15 is 0 Å². The van der Waals surface area contributed by atoms with Crippen molar-refractivity contribution in [2.45, 2.75) is 50.5 Å². The highest BCUT2D eigenvalue weighted by molar-refractivity contribution is 5.83. The van der Waals surface area contributed by atoms with E-state index in [0.717, 1.165) is 37.8 Å². The maximum Gasteiger partial charge on any atom is 0.303 e. The van der Waals surface area contributed by atoms with Crippen LogP contribution in [0.25, 0.3) is 0 Å². The highest BCUT2D eigenvalue weighted by atomic mass is 19.1. The van der Waals surface area contributed by atoms with Crippen molar-refractivity contribution >= 4 is 11.9 Å². The largest absolute Gasteiger partial charge is 0.481 e. The van der Waals surface area contributed by atoms with Crippen LogP contribution in [0.4, 0.5) is 4.39 Å². The number of carboxylic acids is 1. The van der Waals surface area contributed by atoms with Gasteiger partial charge in [0.25, 0.3) is 0 Å². The Bertz CT molecular complexity index is 586. The number of halogens is 1. The summed E-state index contributed by atoms with van der Waals surface area (Å²) in [6.07, 6.45) is 4.40. The van der Waals surface area contributed by atoms with E-state index in [0.29, 0.717) is 6.42 Å². The summed E-state index contributed by atoms with van der Waals surface area (Å²) < 4.78 is 13.0. The van der Waals surface area contributed by atoms with Crippen LogP contribution < -0.4 is 0 Å². The molecule has 2 aliphatic rings. The fourth-order valence-electron chi connectivity index (χ4n) is 3.64. The smallest absolute Gasteiger partial charge is 0.303 e. The second-order valence-electron chi connectivity index (χ2n) is 6.61. The summed E-state index contributed by atoms with van der Waals surface area (Å²) in [5.74, 6) is -0.758. The molecule has 1 aliphatic carbocycles. The first-order chi connectivity index (χ1) is 11.1. The van der Waals surface area contributed by atoms with Gasteiger partial charge in [0.05, 0.1) is 0 Å². The Morgan fingerprint density at radius 3 is 2.65 bits per heavy atom. The average molecular weight is 319 g/mol. The fourth-order valence-corrected chi connectivity index (χ4v) is 3.64. The minimum absolute atomic E-state index is 0.0223. The molecule has 3 atom stereocenters. The Kier molecular flexibility index (Phi) is 4.64. The Balaban J connectivity index is 1.62. The van der Waals surface area contributed by atoms with Gasteiger partial charge in [0.2, 0.25) is 5.91 Å². The number of hydrogen-bond donors (Lipinski definition) is 1. The van der Waals surface area contributed by atoms with E-state index in [9.17, 15) is 14.0 Å². The van der Waals surface area contributed by atoms with Crippen LogP contribution in [0.1, 0.15) is 50.0 Å². The van der Waals surface area contributed by atoms with Crippen LogP contribution in [0.3, 0.4) is 0 Å². The second-order valence-corrected chi connectivity index (χ2v) is 6.61. The quantitative estimate of drug-likeness (QED) is 0.907. The molecule has 0 radical (unpaired) electrons. The third-order valence-electron chi connectivity index (χ3n) is 5.01. The highest BCUT2D eigenvalue weighted by Gasteiger charge is 2.47. The van der Waals surface area contributed by atoms with Gasteiger partial charge in [-0.1, -0.05) is 12.1 Å². The summed E-state index contributed by atoms with van der Waals surface area (Å²) >= 11 is 0. The van der Waals surface area contributed by atoms with Crippen LogP contribution in [0.2, 0.25) is 0 Å². The van der Waals surface area contributed by atoms with Crippen LogP contribution in [0, 0.1) is 11.7 Å². The Labute approximate surface area is 135 Å². The molecule has 3 rings (SSSR count).